The second kappa shape index (κ2) is 5.92. The molecule has 1 amide bonds. The van der Waals surface area contributed by atoms with Crippen LogP contribution in [0.25, 0.3) is 6.08 Å². The zero-order valence-electron chi connectivity index (χ0n) is 12.2. The van der Waals surface area contributed by atoms with Crippen molar-refractivity contribution < 1.29 is 18.7 Å². The van der Waals surface area contributed by atoms with Crippen LogP contribution in [0.3, 0.4) is 0 Å². The maximum absolute atomic E-state index is 13.3. The second-order valence-corrected chi connectivity index (χ2v) is 6.79. The van der Waals surface area contributed by atoms with Gasteiger partial charge in [0.25, 0.3) is 5.91 Å². The summed E-state index contributed by atoms with van der Waals surface area (Å²) in [5.74, 6) is 0.623. The Kier molecular flexibility index (Phi) is 3.74. The minimum atomic E-state index is -0.352. The summed E-state index contributed by atoms with van der Waals surface area (Å²) < 4.78 is 24.3. The van der Waals surface area contributed by atoms with Crippen LogP contribution >= 0.6 is 24.0 Å². The van der Waals surface area contributed by atoms with Crippen LogP contribution in [0.2, 0.25) is 0 Å². The van der Waals surface area contributed by atoms with Gasteiger partial charge in [0.2, 0.25) is 6.79 Å². The Hall–Kier alpha value is -2.38. The minimum absolute atomic E-state index is 0.163. The van der Waals surface area contributed by atoms with Gasteiger partial charge < -0.3 is 9.47 Å². The predicted molar refractivity (Wildman–Crippen MR) is 94.6 cm³/mol. The third kappa shape index (κ3) is 2.65. The number of halogens is 1. The van der Waals surface area contributed by atoms with Crippen molar-refractivity contribution in [3.63, 3.8) is 0 Å². The fraction of sp³-hybridized carbons (Fsp3) is 0.0588. The number of carbonyl (C=O) groups excluding carboxylic acids is 1. The van der Waals surface area contributed by atoms with Gasteiger partial charge in [-0.2, -0.15) is 0 Å². The van der Waals surface area contributed by atoms with Gasteiger partial charge in [-0.05, 0) is 35.9 Å². The van der Waals surface area contributed by atoms with E-state index in [1.165, 1.54) is 28.8 Å². The van der Waals surface area contributed by atoms with Crippen LogP contribution in [0.1, 0.15) is 5.56 Å². The summed E-state index contributed by atoms with van der Waals surface area (Å²) in [6.07, 6.45) is 1.63. The van der Waals surface area contributed by atoms with Gasteiger partial charge in [0.15, 0.2) is 15.8 Å². The number of rotatable bonds is 2. The predicted octanol–water partition coefficient (Wildman–Crippen LogP) is 3.96. The lowest BCUT2D eigenvalue weighted by Gasteiger charge is -2.14. The Labute approximate surface area is 146 Å². The normalized spacial score (nSPS) is 17.9. The molecule has 0 radical (unpaired) electrons. The lowest BCUT2D eigenvalue weighted by atomic mass is 10.2. The Bertz CT molecular complexity index is 897. The van der Waals surface area contributed by atoms with E-state index in [0.29, 0.717) is 32.0 Å². The summed E-state index contributed by atoms with van der Waals surface area (Å²) in [6.45, 7) is 0.163. The molecule has 4 rings (SSSR count). The first-order chi connectivity index (χ1) is 11.6. The van der Waals surface area contributed by atoms with Crippen molar-refractivity contribution in [2.45, 2.75) is 0 Å². The van der Waals surface area contributed by atoms with Crippen molar-refractivity contribution in [2.24, 2.45) is 0 Å². The fourth-order valence-corrected chi connectivity index (χ4v) is 3.76. The molecule has 24 heavy (non-hydrogen) atoms. The number of fused-ring (bicyclic) bond motifs is 1. The van der Waals surface area contributed by atoms with Crippen molar-refractivity contribution in [1.29, 1.82) is 0 Å². The minimum Gasteiger partial charge on any atom is -0.454 e. The van der Waals surface area contributed by atoms with E-state index in [0.717, 1.165) is 0 Å². The standard InChI is InChI=1S/C17H10FNO3S2/c18-11-3-1-2-10(6-11)7-15-16(20)19(17(23)24-15)12-4-5-13-14(8-12)22-9-21-13/h1-8H,9H2. The number of thioether (sulfide) groups is 1. The number of carbonyl (C=O) groups is 1. The van der Waals surface area contributed by atoms with Gasteiger partial charge in [-0.15, -0.1) is 0 Å². The van der Waals surface area contributed by atoms with Gasteiger partial charge in [-0.1, -0.05) is 36.1 Å². The zero-order valence-corrected chi connectivity index (χ0v) is 13.8. The molecule has 1 saturated heterocycles. The van der Waals surface area contributed by atoms with Crippen LogP contribution in [0.4, 0.5) is 10.1 Å². The smallest absolute Gasteiger partial charge is 0.270 e. The number of amides is 1. The van der Waals surface area contributed by atoms with E-state index in [2.05, 4.69) is 0 Å². The molecule has 0 bridgehead atoms. The van der Waals surface area contributed by atoms with Crippen molar-refractivity contribution in [1.82, 2.24) is 0 Å². The van der Waals surface area contributed by atoms with E-state index in [1.807, 2.05) is 0 Å². The Morgan fingerprint density at radius 2 is 2.00 bits per heavy atom. The van der Waals surface area contributed by atoms with Crippen molar-refractivity contribution in [3.8, 4) is 11.5 Å². The van der Waals surface area contributed by atoms with Crippen LogP contribution in [-0.4, -0.2) is 17.0 Å². The van der Waals surface area contributed by atoms with Crippen LogP contribution in [0, 0.1) is 5.82 Å². The second-order valence-electron chi connectivity index (χ2n) is 5.11. The average Bonchev–Trinajstić information content (AvgIpc) is 3.12. The number of thiocarbonyl (C=S) groups is 1. The molecule has 2 aliphatic heterocycles. The van der Waals surface area contributed by atoms with E-state index in [1.54, 1.807) is 36.4 Å². The number of nitrogens with zero attached hydrogens (tertiary/aromatic N) is 1. The molecular weight excluding hydrogens is 349 g/mol. The monoisotopic (exact) mass is 359 g/mol. The third-order valence-electron chi connectivity index (χ3n) is 3.55. The first kappa shape index (κ1) is 15.2. The molecule has 0 unspecified atom stereocenters. The summed E-state index contributed by atoms with van der Waals surface area (Å²) in [4.78, 5) is 14.6. The maximum atomic E-state index is 13.3. The van der Waals surface area contributed by atoms with E-state index in [4.69, 9.17) is 21.7 Å². The molecule has 4 nitrogen and oxygen atoms in total. The first-order valence-electron chi connectivity index (χ1n) is 7.05. The van der Waals surface area contributed by atoms with Gasteiger partial charge in [-0.25, -0.2) is 4.39 Å². The lowest BCUT2D eigenvalue weighted by molar-refractivity contribution is -0.113. The van der Waals surface area contributed by atoms with Gasteiger partial charge in [0.05, 0.1) is 10.6 Å². The highest BCUT2D eigenvalue weighted by Crippen LogP contribution is 2.40. The molecule has 0 saturated carbocycles. The van der Waals surface area contributed by atoms with Gasteiger partial charge in [0.1, 0.15) is 5.82 Å². The third-order valence-corrected chi connectivity index (χ3v) is 4.86. The molecule has 2 aromatic carbocycles. The summed E-state index contributed by atoms with van der Waals surface area (Å²) in [6, 6.07) is 11.3. The molecular formula is C17H10FNO3S2. The Balaban J connectivity index is 1.66. The van der Waals surface area contributed by atoms with Crippen LogP contribution in [0.15, 0.2) is 47.4 Å². The van der Waals surface area contributed by atoms with E-state index in [9.17, 15) is 9.18 Å². The Morgan fingerprint density at radius 1 is 1.17 bits per heavy atom. The van der Waals surface area contributed by atoms with Gasteiger partial charge in [0, 0.05) is 6.07 Å². The van der Waals surface area contributed by atoms with Crippen LogP contribution in [-0.2, 0) is 4.79 Å². The van der Waals surface area contributed by atoms with E-state index < -0.39 is 0 Å². The number of hydrogen-bond donors (Lipinski definition) is 0. The Morgan fingerprint density at radius 3 is 2.83 bits per heavy atom. The molecule has 0 atom stereocenters. The largest absolute Gasteiger partial charge is 0.454 e. The van der Waals surface area contributed by atoms with Crippen molar-refractivity contribution >= 4 is 46.0 Å². The molecule has 1 fully saturated rings. The number of ether oxygens (including phenoxy) is 2. The van der Waals surface area contributed by atoms with Crippen molar-refractivity contribution in [2.75, 3.05) is 11.7 Å². The highest BCUT2D eigenvalue weighted by Gasteiger charge is 2.34. The van der Waals surface area contributed by atoms with E-state index >= 15 is 0 Å². The molecule has 7 heteroatoms. The van der Waals surface area contributed by atoms with Crippen LogP contribution < -0.4 is 14.4 Å². The summed E-state index contributed by atoms with van der Waals surface area (Å²) >= 11 is 6.51. The molecule has 2 aromatic rings. The topological polar surface area (TPSA) is 38.8 Å². The van der Waals surface area contributed by atoms with Gasteiger partial charge in [-0.3, -0.25) is 9.69 Å². The molecule has 2 aliphatic rings. The highest BCUT2D eigenvalue weighted by atomic mass is 32.2. The SMILES string of the molecule is O=C1C(=Cc2cccc(F)c2)SC(=S)N1c1ccc2c(c1)OCO2. The molecule has 0 aromatic heterocycles. The number of anilines is 1. The molecule has 2 heterocycles. The maximum Gasteiger partial charge on any atom is 0.270 e. The summed E-state index contributed by atoms with van der Waals surface area (Å²) in [5.41, 5.74) is 1.23. The lowest BCUT2D eigenvalue weighted by Crippen LogP contribution is -2.27. The summed E-state index contributed by atoms with van der Waals surface area (Å²) in [7, 11) is 0. The molecule has 120 valence electrons. The van der Waals surface area contributed by atoms with Gasteiger partial charge >= 0.3 is 0 Å². The van der Waals surface area contributed by atoms with Crippen LogP contribution in [0.5, 0.6) is 11.5 Å². The highest BCUT2D eigenvalue weighted by molar-refractivity contribution is 8.27. The quantitative estimate of drug-likeness (QED) is 0.599. The molecule has 0 N–H and O–H groups in total. The molecule has 0 spiro atoms. The first-order valence-corrected chi connectivity index (χ1v) is 8.27. The van der Waals surface area contributed by atoms with Crippen molar-refractivity contribution in [3.05, 3.63) is 58.8 Å². The van der Waals surface area contributed by atoms with E-state index in [-0.39, 0.29) is 18.5 Å². The number of hydrogen-bond acceptors (Lipinski definition) is 5. The summed E-state index contributed by atoms with van der Waals surface area (Å²) in [5, 5.41) is 0. The average molecular weight is 359 g/mol. The fourth-order valence-electron chi connectivity index (χ4n) is 2.46. The zero-order chi connectivity index (χ0) is 16.7. The number of benzene rings is 2. The molecule has 0 aliphatic carbocycles.